The van der Waals surface area contributed by atoms with Gasteiger partial charge in [0.25, 0.3) is 0 Å². The molecular formula is C46H42N4O2. The van der Waals surface area contributed by atoms with Gasteiger partial charge in [0.2, 0.25) is 0 Å². The van der Waals surface area contributed by atoms with E-state index in [9.17, 15) is 0 Å². The van der Waals surface area contributed by atoms with E-state index < -0.39 is 0 Å². The molecule has 4 heterocycles. The lowest BCUT2D eigenvalue weighted by Crippen LogP contribution is -2.03. The van der Waals surface area contributed by atoms with Crippen molar-refractivity contribution in [1.29, 1.82) is 0 Å². The van der Waals surface area contributed by atoms with E-state index in [1.165, 1.54) is 25.7 Å². The minimum absolute atomic E-state index is 0.604. The van der Waals surface area contributed by atoms with Gasteiger partial charge in [-0.2, -0.15) is 0 Å². The molecule has 7 rings (SSSR count). The molecule has 0 aliphatic heterocycles. The van der Waals surface area contributed by atoms with Crippen molar-refractivity contribution in [1.82, 2.24) is 19.9 Å². The highest BCUT2D eigenvalue weighted by atomic mass is 16.5. The van der Waals surface area contributed by atoms with E-state index in [1.807, 2.05) is 36.7 Å². The summed E-state index contributed by atoms with van der Waals surface area (Å²) in [6.07, 6.45) is 16.1. The van der Waals surface area contributed by atoms with Crippen LogP contribution in [0.5, 0.6) is 11.5 Å². The third kappa shape index (κ3) is 8.14. The summed E-state index contributed by atoms with van der Waals surface area (Å²) in [5.74, 6) is 14.9. The number of unbranched alkanes of at least 4 members (excludes halogenated alkanes) is 6. The maximum absolute atomic E-state index is 6.43. The van der Waals surface area contributed by atoms with E-state index in [2.05, 4.69) is 96.0 Å². The number of hydrogen-bond donors (Lipinski definition) is 0. The average molecular weight is 683 g/mol. The molecule has 4 aromatic heterocycles. The van der Waals surface area contributed by atoms with Crippen molar-refractivity contribution in [2.45, 2.75) is 65.2 Å². The first-order valence-electron chi connectivity index (χ1n) is 18.4. The Hall–Kier alpha value is -5.98. The molecule has 0 atom stereocenters. The molecule has 3 aromatic carbocycles. The van der Waals surface area contributed by atoms with Gasteiger partial charge in [-0.1, -0.05) is 112 Å². The Morgan fingerprint density at radius 2 is 0.904 bits per heavy atom. The molecule has 7 aromatic rings. The van der Waals surface area contributed by atoms with E-state index in [4.69, 9.17) is 19.4 Å². The molecule has 52 heavy (non-hydrogen) atoms. The highest BCUT2D eigenvalue weighted by Gasteiger charge is 2.12. The van der Waals surface area contributed by atoms with Crippen molar-refractivity contribution in [3.8, 4) is 35.2 Å². The van der Waals surface area contributed by atoms with Gasteiger partial charge < -0.3 is 9.47 Å². The molecule has 0 spiro atoms. The summed E-state index contributed by atoms with van der Waals surface area (Å²) in [6, 6.07) is 24.4. The van der Waals surface area contributed by atoms with Crippen molar-refractivity contribution < 1.29 is 9.47 Å². The second kappa shape index (κ2) is 16.8. The van der Waals surface area contributed by atoms with Gasteiger partial charge >= 0.3 is 0 Å². The fraction of sp³-hybridized carbons (Fsp3) is 0.261. The molecule has 0 amide bonds. The van der Waals surface area contributed by atoms with Crippen molar-refractivity contribution in [3.05, 3.63) is 120 Å². The van der Waals surface area contributed by atoms with Gasteiger partial charge in [0.15, 0.2) is 0 Å². The zero-order chi connectivity index (χ0) is 35.5. The molecule has 0 unspecified atom stereocenters. The molecule has 0 saturated heterocycles. The Bertz CT molecular complexity index is 2310. The summed E-state index contributed by atoms with van der Waals surface area (Å²) in [5.41, 5.74) is 6.67. The number of rotatable bonds is 12. The number of aromatic nitrogens is 4. The number of nitrogens with zero attached hydrogens (tertiary/aromatic N) is 4. The van der Waals surface area contributed by atoms with Crippen LogP contribution in [0.15, 0.2) is 97.6 Å². The highest BCUT2D eigenvalue weighted by molar-refractivity contribution is 6.03. The van der Waals surface area contributed by atoms with E-state index in [1.54, 1.807) is 12.4 Å². The predicted octanol–water partition coefficient (Wildman–Crippen LogP) is 10.6. The van der Waals surface area contributed by atoms with Crippen LogP contribution >= 0.6 is 0 Å². The smallest absolute Gasteiger partial charge is 0.136 e. The van der Waals surface area contributed by atoms with Crippen LogP contribution < -0.4 is 9.47 Å². The van der Waals surface area contributed by atoms with Crippen molar-refractivity contribution in [2.75, 3.05) is 13.2 Å². The van der Waals surface area contributed by atoms with Gasteiger partial charge in [-0.25, -0.2) is 0 Å². The number of fused-ring (bicyclic) bond motifs is 6. The molecular weight excluding hydrogens is 641 g/mol. The third-order valence-electron chi connectivity index (χ3n) is 9.12. The molecule has 6 heteroatoms. The summed E-state index contributed by atoms with van der Waals surface area (Å²) in [4.78, 5) is 18.6. The predicted molar refractivity (Wildman–Crippen MR) is 212 cm³/mol. The van der Waals surface area contributed by atoms with Crippen LogP contribution in [0.3, 0.4) is 0 Å². The molecule has 6 nitrogen and oxygen atoms in total. The summed E-state index contributed by atoms with van der Waals surface area (Å²) in [7, 11) is 0. The largest absolute Gasteiger partial charge is 0.492 e. The normalized spacial score (nSPS) is 11.0. The Balaban J connectivity index is 1.25. The Kier molecular flexibility index (Phi) is 11.1. The lowest BCUT2D eigenvalue weighted by Gasteiger charge is -2.14. The van der Waals surface area contributed by atoms with Crippen LogP contribution in [-0.4, -0.2) is 33.1 Å². The van der Waals surface area contributed by atoms with Crippen LogP contribution in [0.25, 0.3) is 43.6 Å². The second-order valence-electron chi connectivity index (χ2n) is 13.0. The lowest BCUT2D eigenvalue weighted by atomic mass is 10.1. The van der Waals surface area contributed by atoms with Crippen molar-refractivity contribution >= 4 is 43.6 Å². The fourth-order valence-corrected chi connectivity index (χ4v) is 6.30. The molecule has 0 aliphatic carbocycles. The van der Waals surface area contributed by atoms with Crippen molar-refractivity contribution in [3.63, 3.8) is 0 Å². The third-order valence-corrected chi connectivity index (χ3v) is 9.12. The summed E-state index contributed by atoms with van der Waals surface area (Å²) in [5, 5.41) is 4.13. The van der Waals surface area contributed by atoms with Gasteiger partial charge in [-0.15, -0.1) is 0 Å². The van der Waals surface area contributed by atoms with Crippen LogP contribution in [0.2, 0.25) is 0 Å². The first-order valence-corrected chi connectivity index (χ1v) is 18.4. The number of pyridine rings is 4. The van der Waals surface area contributed by atoms with Gasteiger partial charge in [0.1, 0.15) is 11.5 Å². The average Bonchev–Trinajstić information content (AvgIpc) is 3.19. The number of benzene rings is 3. The van der Waals surface area contributed by atoms with Gasteiger partial charge in [0, 0.05) is 69.6 Å². The zero-order valence-corrected chi connectivity index (χ0v) is 29.9. The quantitative estimate of drug-likeness (QED) is 0.0726. The van der Waals surface area contributed by atoms with Crippen LogP contribution in [0.4, 0.5) is 0 Å². The van der Waals surface area contributed by atoms with E-state index in [-0.39, 0.29) is 0 Å². The fourth-order valence-electron chi connectivity index (χ4n) is 6.30. The summed E-state index contributed by atoms with van der Waals surface area (Å²) in [6.45, 7) is 5.64. The molecule has 258 valence electrons. The maximum atomic E-state index is 6.43. The SMILES string of the molecule is CCCCCCOc1cc(C#Cc2cnc3c(ccc4cccnc43)c2)c(OCCCCCC)cc1C#Cc1cnc2c(ccc3cccnc32)c1. The number of hydrogen-bond acceptors (Lipinski definition) is 6. The highest BCUT2D eigenvalue weighted by Crippen LogP contribution is 2.30. The maximum Gasteiger partial charge on any atom is 0.136 e. The molecule has 0 N–H and O–H groups in total. The lowest BCUT2D eigenvalue weighted by molar-refractivity contribution is 0.295. The number of ether oxygens (including phenoxy) is 2. The first kappa shape index (κ1) is 34.5. The van der Waals surface area contributed by atoms with Gasteiger partial charge in [-0.05, 0) is 37.1 Å². The van der Waals surface area contributed by atoms with E-state index in [0.717, 1.165) is 91.5 Å². The van der Waals surface area contributed by atoms with Crippen LogP contribution in [0, 0.1) is 23.7 Å². The molecule has 0 fully saturated rings. The minimum atomic E-state index is 0.604. The summed E-state index contributed by atoms with van der Waals surface area (Å²) >= 11 is 0. The van der Waals surface area contributed by atoms with Gasteiger partial charge in [-0.3, -0.25) is 19.9 Å². The Morgan fingerprint density at radius 1 is 0.462 bits per heavy atom. The van der Waals surface area contributed by atoms with Crippen LogP contribution in [0.1, 0.15) is 87.5 Å². The molecule has 0 bridgehead atoms. The van der Waals surface area contributed by atoms with E-state index >= 15 is 0 Å². The molecule has 0 aliphatic rings. The molecule has 0 radical (unpaired) electrons. The Labute approximate surface area is 305 Å². The van der Waals surface area contributed by atoms with Gasteiger partial charge in [0.05, 0.1) is 46.4 Å². The van der Waals surface area contributed by atoms with Crippen LogP contribution in [-0.2, 0) is 0 Å². The Morgan fingerprint density at radius 3 is 1.37 bits per heavy atom. The monoisotopic (exact) mass is 682 g/mol. The van der Waals surface area contributed by atoms with E-state index in [0.29, 0.717) is 24.7 Å². The standard InChI is InChI=1S/C46H42N4O2/c1-3-5-7-9-25-51-41-29-38(18-16-34-28-40-22-20-36-14-12-24-48-44(36)46(40)50-32-34)42(52-26-10-8-6-4-2)30-37(41)17-15-33-27-39-21-19-35-13-11-23-47-43(35)45(39)49-31-33/h11-14,19-24,27-32H,3-10,25-26H2,1-2H3. The summed E-state index contributed by atoms with van der Waals surface area (Å²) < 4.78 is 12.9. The molecule has 0 saturated carbocycles. The van der Waals surface area contributed by atoms with Crippen molar-refractivity contribution in [2.24, 2.45) is 0 Å². The minimum Gasteiger partial charge on any atom is -0.492 e. The second-order valence-corrected chi connectivity index (χ2v) is 13.0. The topological polar surface area (TPSA) is 70.0 Å². The first-order chi connectivity index (χ1) is 25.7. The zero-order valence-electron chi connectivity index (χ0n) is 29.9.